The van der Waals surface area contributed by atoms with E-state index < -0.39 is 5.60 Å². The Morgan fingerprint density at radius 3 is 1.70 bits per heavy atom. The van der Waals surface area contributed by atoms with Crippen LogP contribution in [0.2, 0.25) is 0 Å². The molecule has 4 heteroatoms. The second-order valence-corrected chi connectivity index (χ2v) is 9.02. The number of para-hydroxylation sites is 2. The van der Waals surface area contributed by atoms with E-state index >= 15 is 0 Å². The van der Waals surface area contributed by atoms with E-state index in [0.717, 1.165) is 53.9 Å². The quantitative estimate of drug-likeness (QED) is 0.510. The molecule has 2 fully saturated rings. The fourth-order valence-electron chi connectivity index (χ4n) is 5.94. The van der Waals surface area contributed by atoms with Crippen LogP contribution < -0.4 is 9.47 Å². The molecule has 0 radical (unpaired) electrons. The molecule has 174 valence electrons. The lowest BCUT2D eigenvalue weighted by molar-refractivity contribution is -0.0660. The number of ether oxygens (including phenoxy) is 2. The molecule has 3 aromatic rings. The third-order valence-corrected chi connectivity index (χ3v) is 7.30. The van der Waals surface area contributed by atoms with Crippen molar-refractivity contribution in [3.05, 3.63) is 95.6 Å². The molecule has 2 aliphatic heterocycles. The van der Waals surface area contributed by atoms with Crippen molar-refractivity contribution in [2.75, 3.05) is 14.2 Å². The van der Waals surface area contributed by atoms with Gasteiger partial charge in [0, 0.05) is 23.2 Å². The van der Waals surface area contributed by atoms with Gasteiger partial charge in [-0.3, -0.25) is 4.90 Å². The van der Waals surface area contributed by atoms with Gasteiger partial charge in [0.2, 0.25) is 0 Å². The van der Waals surface area contributed by atoms with Crippen LogP contribution in [-0.2, 0) is 5.60 Å². The maximum Gasteiger partial charge on any atom is 0.123 e. The van der Waals surface area contributed by atoms with Gasteiger partial charge in [0.15, 0.2) is 0 Å². The highest BCUT2D eigenvalue weighted by Crippen LogP contribution is 2.52. The van der Waals surface area contributed by atoms with Gasteiger partial charge < -0.3 is 14.6 Å². The number of piperidine rings is 1. The first-order chi connectivity index (χ1) is 15.6. The molecule has 0 aliphatic carbocycles. The summed E-state index contributed by atoms with van der Waals surface area (Å²) in [5, 5.41) is 11.7. The minimum atomic E-state index is -0.782. The number of hydrogen-bond acceptors (Lipinski definition) is 4. The van der Waals surface area contributed by atoms with Gasteiger partial charge in [0.05, 0.1) is 25.9 Å². The van der Waals surface area contributed by atoms with E-state index in [1.54, 1.807) is 14.2 Å². The maximum absolute atomic E-state index is 11.7. The Bertz CT molecular complexity index is 1010. The molecule has 33 heavy (non-hydrogen) atoms. The fraction of sp³-hybridized carbons (Fsp3) is 0.379. The molecule has 5 rings (SSSR count). The Hall–Kier alpha value is -2.82. The topological polar surface area (TPSA) is 41.9 Å². The van der Waals surface area contributed by atoms with E-state index in [0.29, 0.717) is 0 Å². The number of methoxy groups -OCH3 is 2. The zero-order valence-electron chi connectivity index (χ0n) is 18.8. The van der Waals surface area contributed by atoms with Crippen molar-refractivity contribution in [2.45, 2.75) is 56.8 Å². The largest absolute Gasteiger partial charge is 0.496 e. The first-order valence-corrected chi connectivity index (χ1v) is 11.5. The molecule has 0 saturated carbocycles. The normalized spacial score (nSPS) is 24.4. The monoisotopic (exact) mass is 445 g/mol. The van der Waals surface area contributed by atoms with Gasteiger partial charge in [-0.05, 0) is 43.4 Å². The van der Waals surface area contributed by atoms with Crippen LogP contribution in [0.25, 0.3) is 0 Å². The molecule has 4 nitrogen and oxygen atoms in total. The molecule has 0 amide bonds. The molecule has 2 unspecified atom stereocenters. The molecule has 1 N–H and O–H groups in total. The van der Waals surface area contributed by atoms with E-state index in [4.69, 9.17) is 9.47 Å². The number of rotatable bonds is 6. The lowest BCUT2D eigenvalue weighted by Gasteiger charge is -2.48. The van der Waals surface area contributed by atoms with Crippen molar-refractivity contribution in [1.82, 2.24) is 4.90 Å². The highest BCUT2D eigenvalue weighted by atomic mass is 16.5. The summed E-state index contributed by atoms with van der Waals surface area (Å²) in [4.78, 5) is 2.62. The summed E-state index contributed by atoms with van der Waals surface area (Å²) >= 11 is 0. The van der Waals surface area contributed by atoms with Crippen LogP contribution in [0.15, 0.2) is 78.9 Å². The molecule has 0 spiro atoms. The minimum absolute atomic E-state index is 0. The van der Waals surface area contributed by atoms with Gasteiger partial charge in [0.1, 0.15) is 11.5 Å². The average molecular weight is 446 g/mol. The predicted octanol–water partition coefficient (Wildman–Crippen LogP) is 5.94. The number of nitrogens with zero attached hydrogens (tertiary/aromatic N) is 1. The van der Waals surface area contributed by atoms with Crippen LogP contribution in [0.3, 0.4) is 0 Å². The highest BCUT2D eigenvalue weighted by Gasteiger charge is 2.51. The second kappa shape index (κ2) is 9.58. The summed E-state index contributed by atoms with van der Waals surface area (Å²) in [5.74, 6) is 1.76. The highest BCUT2D eigenvalue weighted by molar-refractivity contribution is 5.47. The van der Waals surface area contributed by atoms with Crippen LogP contribution >= 0.6 is 0 Å². The number of benzene rings is 3. The smallest absolute Gasteiger partial charge is 0.123 e. The fourth-order valence-corrected chi connectivity index (χ4v) is 5.94. The van der Waals surface area contributed by atoms with E-state index in [1.807, 2.05) is 42.5 Å². The van der Waals surface area contributed by atoms with E-state index in [1.165, 1.54) is 0 Å². The summed E-state index contributed by atoms with van der Waals surface area (Å²) in [6.07, 6.45) is 3.63. The van der Waals surface area contributed by atoms with Crippen molar-refractivity contribution < 1.29 is 14.6 Å². The van der Waals surface area contributed by atoms with Crippen LogP contribution in [0.4, 0.5) is 0 Å². The van der Waals surface area contributed by atoms with Gasteiger partial charge >= 0.3 is 0 Å². The Balaban J connectivity index is 0.00000259. The number of fused-ring (bicyclic) bond motifs is 2. The third-order valence-electron chi connectivity index (χ3n) is 7.30. The van der Waals surface area contributed by atoms with Gasteiger partial charge in [0.25, 0.3) is 0 Å². The van der Waals surface area contributed by atoms with Gasteiger partial charge in [-0.2, -0.15) is 0 Å². The van der Waals surface area contributed by atoms with Crippen LogP contribution in [-0.4, -0.2) is 36.3 Å². The predicted molar refractivity (Wildman–Crippen MR) is 133 cm³/mol. The van der Waals surface area contributed by atoms with Gasteiger partial charge in [-0.15, -0.1) is 0 Å². The Labute approximate surface area is 197 Å². The Morgan fingerprint density at radius 2 is 1.21 bits per heavy atom. The average Bonchev–Trinajstić information content (AvgIpc) is 3.11. The number of hydrogen-bond donors (Lipinski definition) is 1. The summed E-state index contributed by atoms with van der Waals surface area (Å²) in [7, 11) is 3.47. The first-order valence-electron chi connectivity index (χ1n) is 11.5. The molecule has 2 bridgehead atoms. The lowest BCUT2D eigenvalue weighted by atomic mass is 9.79. The maximum atomic E-state index is 11.7. The molecule has 0 aromatic heterocycles. The molecule has 2 heterocycles. The van der Waals surface area contributed by atoms with Crippen molar-refractivity contribution >= 4 is 0 Å². The Morgan fingerprint density at radius 1 is 0.758 bits per heavy atom. The summed E-state index contributed by atoms with van der Waals surface area (Å²) in [6, 6.07) is 27.3. The van der Waals surface area contributed by atoms with E-state index in [9.17, 15) is 5.11 Å². The van der Waals surface area contributed by atoms with E-state index in [-0.39, 0.29) is 25.6 Å². The molecular formula is C29H35NO3. The molecule has 2 aliphatic rings. The second-order valence-electron chi connectivity index (χ2n) is 9.02. The van der Waals surface area contributed by atoms with Gasteiger partial charge in [-0.1, -0.05) is 74.2 Å². The zero-order chi connectivity index (χ0) is 22.1. The molecule has 2 saturated heterocycles. The van der Waals surface area contributed by atoms with Crippen molar-refractivity contribution in [3.63, 3.8) is 0 Å². The Kier molecular flexibility index (Phi) is 6.78. The third kappa shape index (κ3) is 4.14. The molecule has 3 aromatic carbocycles. The standard InChI is InChI=1S/C28H31NO3.CH4/c1-31-25-14-8-6-12-23(25)27(24-13-7-9-15-26(24)32-2)29-21-16-17-22(29)19-28(30,18-21)20-10-4-3-5-11-20;/h3-15,21-22,27,30H,16-19H2,1-2H3;1H4. The summed E-state index contributed by atoms with van der Waals surface area (Å²) in [6.45, 7) is 0. The van der Waals surface area contributed by atoms with Crippen LogP contribution in [0, 0.1) is 0 Å². The summed E-state index contributed by atoms with van der Waals surface area (Å²) < 4.78 is 11.6. The van der Waals surface area contributed by atoms with Crippen molar-refractivity contribution in [3.8, 4) is 11.5 Å². The molecular weight excluding hydrogens is 410 g/mol. The first kappa shape index (κ1) is 23.3. The molecule has 2 atom stereocenters. The van der Waals surface area contributed by atoms with Crippen LogP contribution in [0.5, 0.6) is 11.5 Å². The van der Waals surface area contributed by atoms with Crippen molar-refractivity contribution in [2.24, 2.45) is 0 Å². The minimum Gasteiger partial charge on any atom is -0.496 e. The summed E-state index contributed by atoms with van der Waals surface area (Å²) in [5.41, 5.74) is 2.53. The number of aliphatic hydroxyl groups is 1. The lowest BCUT2D eigenvalue weighted by Crippen LogP contribution is -2.51. The van der Waals surface area contributed by atoms with Crippen LogP contribution in [0.1, 0.15) is 55.8 Å². The SMILES string of the molecule is C.COc1ccccc1C(c1ccccc1OC)N1C2CCC1CC(O)(c1ccccc1)C2. The van der Waals surface area contributed by atoms with Gasteiger partial charge in [-0.25, -0.2) is 0 Å². The zero-order valence-corrected chi connectivity index (χ0v) is 18.8. The van der Waals surface area contributed by atoms with E-state index in [2.05, 4.69) is 41.3 Å². The van der Waals surface area contributed by atoms with Crippen molar-refractivity contribution in [1.29, 1.82) is 0 Å².